The molecular weight excluding hydrogens is 715 g/mol. The number of nitrogens with zero attached hydrogens (tertiary/aromatic N) is 3. The number of alkyl halides is 3. The minimum Gasteiger partial charge on any atom is -0.497 e. The standard InChI is InChI=1S/C29H31BrF2IN3O3S/c1-18-12-22(37-3)8-6-19(18)16-36(17-20-7-9-23(38-4)14-24(20)39-5)27-35-28(2,15-26(40-27)29(31,32)33)25-13-21(30)10-11-34-25/h6-14,26H,15-17H2,1-5H3/t26-,28-/m0/s1. The number of thioether (sulfide) groups is 1. The van der Waals surface area contributed by atoms with Crippen molar-refractivity contribution in [2.45, 2.75) is 48.1 Å². The van der Waals surface area contributed by atoms with Gasteiger partial charge in [-0.15, -0.1) is 0 Å². The molecule has 0 unspecified atom stereocenters. The van der Waals surface area contributed by atoms with Gasteiger partial charge in [-0.1, -0.05) is 33.8 Å². The van der Waals surface area contributed by atoms with Crippen molar-refractivity contribution in [3.8, 4) is 17.2 Å². The molecule has 2 heterocycles. The molecule has 1 aliphatic rings. The van der Waals surface area contributed by atoms with Crippen LogP contribution in [0.4, 0.5) is 8.78 Å². The summed E-state index contributed by atoms with van der Waals surface area (Å²) in [6.07, 6.45) is 1.81. The van der Waals surface area contributed by atoms with E-state index in [-0.39, 0.29) is 6.42 Å². The minimum absolute atomic E-state index is 0.141. The normalized spacial score (nSPS) is 19.1. The highest BCUT2D eigenvalue weighted by atomic mass is 127. The van der Waals surface area contributed by atoms with Gasteiger partial charge >= 0.3 is 3.93 Å². The number of rotatable bonds is 9. The van der Waals surface area contributed by atoms with Crippen molar-refractivity contribution in [1.82, 2.24) is 9.88 Å². The average molecular weight is 746 g/mol. The van der Waals surface area contributed by atoms with Gasteiger partial charge in [0.05, 0.1) is 32.3 Å². The van der Waals surface area contributed by atoms with Crippen molar-refractivity contribution in [3.05, 3.63) is 81.6 Å². The summed E-state index contributed by atoms with van der Waals surface area (Å²) in [6, 6.07) is 15.1. The van der Waals surface area contributed by atoms with Gasteiger partial charge in [-0.2, -0.15) is 8.78 Å². The van der Waals surface area contributed by atoms with Crippen LogP contribution in [0.15, 0.2) is 64.2 Å². The predicted octanol–water partition coefficient (Wildman–Crippen LogP) is 7.99. The van der Waals surface area contributed by atoms with Crippen molar-refractivity contribution in [3.63, 3.8) is 0 Å². The number of ether oxygens (including phenoxy) is 3. The lowest BCUT2D eigenvalue weighted by Gasteiger charge is -2.40. The van der Waals surface area contributed by atoms with Gasteiger partial charge in [0.2, 0.25) is 0 Å². The molecule has 0 aliphatic carbocycles. The number of methoxy groups -OCH3 is 3. The Morgan fingerprint density at radius 3 is 2.27 bits per heavy atom. The van der Waals surface area contributed by atoms with Crippen LogP contribution >= 0.6 is 50.3 Å². The Kier molecular flexibility index (Phi) is 9.87. The highest BCUT2D eigenvalue weighted by molar-refractivity contribution is 14.1. The first-order valence-electron chi connectivity index (χ1n) is 12.5. The molecule has 2 atom stereocenters. The maximum atomic E-state index is 15.0. The third-order valence-electron chi connectivity index (χ3n) is 6.85. The van der Waals surface area contributed by atoms with Crippen molar-refractivity contribution >= 4 is 55.5 Å². The van der Waals surface area contributed by atoms with E-state index in [0.717, 1.165) is 38.7 Å². The fourth-order valence-corrected chi connectivity index (χ4v) is 6.82. The Morgan fingerprint density at radius 2 is 1.68 bits per heavy atom. The molecule has 0 saturated heterocycles. The van der Waals surface area contributed by atoms with Crippen molar-refractivity contribution in [2.75, 3.05) is 21.3 Å². The molecule has 0 saturated carbocycles. The van der Waals surface area contributed by atoms with E-state index >= 15 is 8.78 Å². The number of aryl methyl sites for hydroxylation is 1. The topological polar surface area (TPSA) is 56.2 Å². The van der Waals surface area contributed by atoms with Crippen LogP contribution in [-0.4, -0.2) is 45.6 Å². The number of pyridine rings is 1. The van der Waals surface area contributed by atoms with Crippen LogP contribution in [0.3, 0.4) is 0 Å². The van der Waals surface area contributed by atoms with Gasteiger partial charge < -0.3 is 19.1 Å². The maximum Gasteiger partial charge on any atom is 0.308 e. The second kappa shape index (κ2) is 12.8. The van der Waals surface area contributed by atoms with Crippen molar-refractivity contribution in [1.29, 1.82) is 0 Å². The number of hydrogen-bond donors (Lipinski definition) is 0. The predicted molar refractivity (Wildman–Crippen MR) is 168 cm³/mol. The van der Waals surface area contributed by atoms with Gasteiger partial charge in [-0.3, -0.25) is 4.98 Å². The van der Waals surface area contributed by atoms with E-state index in [0.29, 0.717) is 35.5 Å². The summed E-state index contributed by atoms with van der Waals surface area (Å²) in [5, 5.41) is -0.492. The van der Waals surface area contributed by atoms with E-state index in [9.17, 15) is 0 Å². The summed E-state index contributed by atoms with van der Waals surface area (Å²) < 4.78 is 44.3. The first-order chi connectivity index (χ1) is 19.0. The molecule has 214 valence electrons. The van der Waals surface area contributed by atoms with Crippen LogP contribution in [0.1, 0.15) is 35.7 Å². The zero-order chi connectivity index (χ0) is 29.1. The smallest absolute Gasteiger partial charge is 0.308 e. The highest BCUT2D eigenvalue weighted by Gasteiger charge is 2.48. The number of amidine groups is 1. The maximum absolute atomic E-state index is 15.0. The molecule has 3 aromatic rings. The molecule has 0 radical (unpaired) electrons. The Morgan fingerprint density at radius 1 is 1.02 bits per heavy atom. The third-order valence-corrected chi connectivity index (χ3v) is 9.82. The second-order valence-electron chi connectivity index (χ2n) is 9.71. The van der Waals surface area contributed by atoms with Gasteiger partial charge in [0, 0.05) is 35.4 Å². The zero-order valence-corrected chi connectivity index (χ0v) is 27.4. The molecule has 0 amide bonds. The Labute approximate surface area is 260 Å². The number of aromatic nitrogens is 1. The van der Waals surface area contributed by atoms with Crippen LogP contribution in [0.2, 0.25) is 0 Å². The largest absolute Gasteiger partial charge is 0.497 e. The summed E-state index contributed by atoms with van der Waals surface area (Å²) in [5.41, 5.74) is 2.61. The van der Waals surface area contributed by atoms with Gasteiger partial charge in [-0.05, 0) is 90.4 Å². The molecule has 0 fully saturated rings. The molecule has 1 aromatic heterocycles. The molecule has 0 spiro atoms. The molecule has 11 heteroatoms. The van der Waals surface area contributed by atoms with E-state index in [4.69, 9.17) is 19.2 Å². The van der Waals surface area contributed by atoms with Gasteiger partial charge in [0.15, 0.2) is 5.17 Å². The van der Waals surface area contributed by atoms with E-state index < -0.39 is 14.7 Å². The summed E-state index contributed by atoms with van der Waals surface area (Å²) in [6.45, 7) is 4.71. The molecule has 2 aromatic carbocycles. The van der Waals surface area contributed by atoms with Crippen LogP contribution in [0.25, 0.3) is 0 Å². The molecule has 0 N–H and O–H groups in total. The fraction of sp³-hybridized carbons (Fsp3) is 0.379. The number of halogens is 4. The first kappa shape index (κ1) is 30.8. The second-order valence-corrected chi connectivity index (χ2v) is 13.2. The fourth-order valence-electron chi connectivity index (χ4n) is 4.56. The van der Waals surface area contributed by atoms with Crippen LogP contribution in [0.5, 0.6) is 17.2 Å². The SMILES string of the molecule is COc1ccc(CN(Cc2ccc(OC)cc2OC)C2=N[C@](C)(c3cc(Br)ccn3)C[C@@H](C(F)(F)I)S2)c(C)c1. The minimum atomic E-state index is -2.96. The van der Waals surface area contributed by atoms with Gasteiger partial charge in [0.25, 0.3) is 0 Å². The quantitative estimate of drug-likeness (QED) is 0.164. The average Bonchev–Trinajstić information content (AvgIpc) is 2.93. The zero-order valence-electron chi connectivity index (χ0n) is 22.9. The number of benzene rings is 2. The van der Waals surface area contributed by atoms with E-state index in [2.05, 4.69) is 20.9 Å². The third kappa shape index (κ3) is 7.20. The molecule has 6 nitrogen and oxygen atoms in total. The van der Waals surface area contributed by atoms with Crippen molar-refractivity contribution < 1.29 is 23.0 Å². The van der Waals surface area contributed by atoms with Gasteiger partial charge in [-0.25, -0.2) is 4.99 Å². The van der Waals surface area contributed by atoms with Gasteiger partial charge in [0.1, 0.15) is 22.8 Å². The van der Waals surface area contributed by atoms with E-state index in [1.54, 1.807) is 27.5 Å². The lowest BCUT2D eigenvalue weighted by molar-refractivity contribution is 0.111. The molecule has 4 rings (SSSR count). The Balaban J connectivity index is 1.83. The Bertz CT molecular complexity index is 1390. The molecular formula is C29H31BrF2IN3O3S. The van der Waals surface area contributed by atoms with Crippen LogP contribution in [0, 0.1) is 6.92 Å². The lowest BCUT2D eigenvalue weighted by Crippen LogP contribution is -2.42. The summed E-state index contributed by atoms with van der Waals surface area (Å²) in [7, 11) is 4.83. The number of aliphatic imine (C=N–C) groups is 1. The summed E-state index contributed by atoms with van der Waals surface area (Å²) in [5.74, 6) is 2.07. The molecule has 1 aliphatic heterocycles. The molecule has 40 heavy (non-hydrogen) atoms. The van der Waals surface area contributed by atoms with E-state index in [1.165, 1.54) is 22.6 Å². The Hall–Kier alpha value is -2.12. The lowest BCUT2D eigenvalue weighted by atomic mass is 9.91. The summed E-state index contributed by atoms with van der Waals surface area (Å²) >= 11 is 5.86. The van der Waals surface area contributed by atoms with Crippen LogP contribution in [-0.2, 0) is 18.6 Å². The molecule has 0 bridgehead atoms. The summed E-state index contributed by atoms with van der Waals surface area (Å²) in [4.78, 5) is 11.7. The van der Waals surface area contributed by atoms with Crippen molar-refractivity contribution in [2.24, 2.45) is 4.99 Å². The van der Waals surface area contributed by atoms with E-state index in [1.807, 2.05) is 67.3 Å². The number of hydrogen-bond acceptors (Lipinski definition) is 7. The van der Waals surface area contributed by atoms with Crippen LogP contribution < -0.4 is 14.2 Å². The highest BCUT2D eigenvalue weighted by Crippen LogP contribution is 2.48. The monoisotopic (exact) mass is 745 g/mol. The first-order valence-corrected chi connectivity index (χ1v) is 15.3.